The quantitative estimate of drug-likeness (QED) is 0.691. The number of hydrogen-bond acceptors (Lipinski definition) is 2. The highest BCUT2D eigenvalue weighted by molar-refractivity contribution is 7.10. The Bertz CT molecular complexity index is 524. The van der Waals surface area contributed by atoms with Gasteiger partial charge >= 0.3 is 0 Å². The van der Waals surface area contributed by atoms with E-state index in [0.29, 0.717) is 10.0 Å². The second-order valence-electron chi connectivity index (χ2n) is 3.38. The molecular weight excluding hydrogens is 299 g/mol. The molecule has 0 fully saturated rings. The van der Waals surface area contributed by atoms with Crippen molar-refractivity contribution in [3.63, 3.8) is 0 Å². The third-order valence-corrected chi connectivity index (χ3v) is 4.46. The molecule has 1 nitrogen and oxygen atoms in total. The maximum absolute atomic E-state index is 6.42. The molecule has 2 aromatic rings. The molecule has 0 N–H and O–H groups in total. The Morgan fingerprint density at radius 1 is 1.24 bits per heavy atom. The third-order valence-electron chi connectivity index (χ3n) is 2.34. The van der Waals surface area contributed by atoms with Gasteiger partial charge in [0.05, 0.1) is 17.4 Å². The maximum Gasteiger partial charge on any atom is 0.134 e. The van der Waals surface area contributed by atoms with Crippen LogP contribution < -0.4 is 4.74 Å². The first-order valence-corrected chi connectivity index (χ1v) is 6.91. The van der Waals surface area contributed by atoms with Crippen molar-refractivity contribution in [3.05, 3.63) is 50.1 Å². The summed E-state index contributed by atoms with van der Waals surface area (Å²) in [6, 6.07) is 7.14. The van der Waals surface area contributed by atoms with Gasteiger partial charge in [0.1, 0.15) is 5.75 Å². The summed E-state index contributed by atoms with van der Waals surface area (Å²) in [5.74, 6) is 0.769. The Morgan fingerprint density at radius 2 is 2.00 bits per heavy atom. The zero-order chi connectivity index (χ0) is 12.4. The molecule has 1 atom stereocenters. The van der Waals surface area contributed by atoms with Crippen molar-refractivity contribution in [2.45, 2.75) is 5.38 Å². The van der Waals surface area contributed by atoms with E-state index in [1.54, 1.807) is 25.3 Å². The Hall–Kier alpha value is -0.410. The summed E-state index contributed by atoms with van der Waals surface area (Å²) in [6.07, 6.45) is 0. The first-order chi connectivity index (χ1) is 8.13. The van der Waals surface area contributed by atoms with Crippen molar-refractivity contribution in [2.75, 3.05) is 7.11 Å². The molecule has 0 aliphatic heterocycles. The van der Waals surface area contributed by atoms with E-state index in [-0.39, 0.29) is 5.38 Å². The lowest BCUT2D eigenvalue weighted by molar-refractivity contribution is 0.413. The summed E-state index contributed by atoms with van der Waals surface area (Å²) < 4.78 is 5.25. The predicted octanol–water partition coefficient (Wildman–Crippen LogP) is 5.39. The molecule has 0 radical (unpaired) electrons. The van der Waals surface area contributed by atoms with E-state index in [4.69, 9.17) is 39.5 Å². The number of ether oxygens (including phenoxy) is 1. The molecule has 1 aromatic heterocycles. The largest absolute Gasteiger partial charge is 0.496 e. The molecule has 1 heterocycles. The molecule has 90 valence electrons. The predicted molar refractivity (Wildman–Crippen MR) is 75.0 cm³/mol. The van der Waals surface area contributed by atoms with Crippen molar-refractivity contribution in [1.82, 2.24) is 0 Å². The van der Waals surface area contributed by atoms with Gasteiger partial charge in [-0.15, -0.1) is 22.9 Å². The molecule has 5 heteroatoms. The fourth-order valence-electron chi connectivity index (χ4n) is 1.51. The van der Waals surface area contributed by atoms with Crippen LogP contribution in [0.1, 0.15) is 15.8 Å². The molecule has 0 saturated heterocycles. The molecule has 0 aliphatic carbocycles. The summed E-state index contributed by atoms with van der Waals surface area (Å²) in [6.45, 7) is 0. The van der Waals surface area contributed by atoms with Crippen LogP contribution in [0.5, 0.6) is 5.75 Å². The Morgan fingerprint density at radius 3 is 2.71 bits per heavy atom. The van der Waals surface area contributed by atoms with Gasteiger partial charge in [-0.1, -0.05) is 23.2 Å². The number of thiophene rings is 1. The van der Waals surface area contributed by atoms with Crippen LogP contribution in [0.3, 0.4) is 0 Å². The van der Waals surface area contributed by atoms with Gasteiger partial charge in [-0.3, -0.25) is 0 Å². The lowest BCUT2D eigenvalue weighted by atomic mass is 10.1. The van der Waals surface area contributed by atoms with Gasteiger partial charge in [-0.2, -0.15) is 0 Å². The van der Waals surface area contributed by atoms with E-state index in [2.05, 4.69) is 0 Å². The van der Waals surface area contributed by atoms with E-state index in [0.717, 1.165) is 16.2 Å². The van der Waals surface area contributed by atoms with Crippen LogP contribution in [0.2, 0.25) is 10.0 Å². The van der Waals surface area contributed by atoms with Crippen LogP contribution in [0.25, 0.3) is 0 Å². The lowest BCUT2D eigenvalue weighted by Gasteiger charge is -2.12. The van der Waals surface area contributed by atoms with Crippen molar-refractivity contribution >= 4 is 46.1 Å². The monoisotopic (exact) mass is 306 g/mol. The van der Waals surface area contributed by atoms with Crippen LogP contribution in [0.15, 0.2) is 29.6 Å². The third kappa shape index (κ3) is 2.71. The fourth-order valence-corrected chi connectivity index (χ4v) is 3.27. The zero-order valence-electron chi connectivity index (χ0n) is 8.91. The molecule has 0 saturated carbocycles. The number of alkyl halides is 1. The van der Waals surface area contributed by atoms with Gasteiger partial charge in [-0.25, -0.2) is 0 Å². The standard InChI is InChI=1S/C12H9Cl3OS/c1-16-10-4-5-17-12(10)11(15)8-6-7(13)2-3-9(8)14/h2-6,11H,1H3. The first kappa shape index (κ1) is 13.0. The molecule has 0 amide bonds. The highest BCUT2D eigenvalue weighted by Crippen LogP contribution is 2.41. The molecule has 1 unspecified atom stereocenters. The van der Waals surface area contributed by atoms with Gasteiger partial charge < -0.3 is 4.74 Å². The first-order valence-electron chi connectivity index (χ1n) is 4.84. The molecule has 17 heavy (non-hydrogen) atoms. The summed E-state index contributed by atoms with van der Waals surface area (Å²) >= 11 is 20.0. The fraction of sp³-hybridized carbons (Fsp3) is 0.167. The summed E-state index contributed by atoms with van der Waals surface area (Å²) in [5.41, 5.74) is 0.793. The van der Waals surface area contributed by atoms with Gasteiger partial charge in [0.2, 0.25) is 0 Å². The normalized spacial score (nSPS) is 12.5. The van der Waals surface area contributed by atoms with E-state index in [9.17, 15) is 0 Å². The summed E-state index contributed by atoms with van der Waals surface area (Å²) in [5, 5.41) is 2.80. The number of benzene rings is 1. The maximum atomic E-state index is 6.42. The Labute approximate surface area is 119 Å². The smallest absolute Gasteiger partial charge is 0.134 e. The van der Waals surface area contributed by atoms with Crippen molar-refractivity contribution in [3.8, 4) is 5.75 Å². The average molecular weight is 308 g/mol. The highest BCUT2D eigenvalue weighted by atomic mass is 35.5. The Balaban J connectivity index is 2.43. The van der Waals surface area contributed by atoms with Crippen molar-refractivity contribution < 1.29 is 4.74 Å². The molecular formula is C12H9Cl3OS. The van der Waals surface area contributed by atoms with Gasteiger partial charge in [0.25, 0.3) is 0 Å². The zero-order valence-corrected chi connectivity index (χ0v) is 12.0. The minimum absolute atomic E-state index is 0.351. The topological polar surface area (TPSA) is 9.23 Å². The lowest BCUT2D eigenvalue weighted by Crippen LogP contribution is -1.94. The van der Waals surface area contributed by atoms with E-state index < -0.39 is 0 Å². The molecule has 2 rings (SSSR count). The van der Waals surface area contributed by atoms with Crippen molar-refractivity contribution in [1.29, 1.82) is 0 Å². The summed E-state index contributed by atoms with van der Waals surface area (Å²) in [4.78, 5) is 0.929. The minimum Gasteiger partial charge on any atom is -0.496 e. The second-order valence-corrected chi connectivity index (χ2v) is 5.61. The number of rotatable bonds is 3. The van der Waals surface area contributed by atoms with Gasteiger partial charge in [-0.05, 0) is 35.2 Å². The summed E-state index contributed by atoms with van der Waals surface area (Å²) in [7, 11) is 1.62. The number of methoxy groups -OCH3 is 1. The average Bonchev–Trinajstić information content (AvgIpc) is 2.79. The van der Waals surface area contributed by atoms with E-state index in [1.807, 2.05) is 11.4 Å². The van der Waals surface area contributed by atoms with Gasteiger partial charge in [0, 0.05) is 10.0 Å². The van der Waals surface area contributed by atoms with Crippen LogP contribution in [0, 0.1) is 0 Å². The highest BCUT2D eigenvalue weighted by Gasteiger charge is 2.19. The van der Waals surface area contributed by atoms with Crippen LogP contribution in [-0.4, -0.2) is 7.11 Å². The van der Waals surface area contributed by atoms with E-state index in [1.165, 1.54) is 11.3 Å². The Kier molecular flexibility index (Phi) is 4.21. The van der Waals surface area contributed by atoms with Gasteiger partial charge in [0.15, 0.2) is 0 Å². The molecule has 1 aromatic carbocycles. The molecule has 0 bridgehead atoms. The van der Waals surface area contributed by atoms with Crippen molar-refractivity contribution in [2.24, 2.45) is 0 Å². The van der Waals surface area contributed by atoms with E-state index >= 15 is 0 Å². The number of halogens is 3. The van der Waals surface area contributed by atoms with Crippen LogP contribution in [-0.2, 0) is 0 Å². The SMILES string of the molecule is COc1ccsc1C(Cl)c1cc(Cl)ccc1Cl. The van der Waals surface area contributed by atoms with Crippen LogP contribution in [0.4, 0.5) is 0 Å². The second kappa shape index (κ2) is 5.49. The molecule has 0 spiro atoms. The minimum atomic E-state index is -0.351. The molecule has 0 aliphatic rings. The number of hydrogen-bond donors (Lipinski definition) is 0. The van der Waals surface area contributed by atoms with Crippen LogP contribution >= 0.6 is 46.1 Å².